The molecule has 0 saturated heterocycles. The minimum Gasteiger partial charge on any atom is -1.00 e. The molecule has 0 nitrogen and oxygen atoms in total. The Hall–Kier alpha value is -0.747. The molecule has 7 aliphatic rings. The van der Waals surface area contributed by atoms with Gasteiger partial charge < -0.3 is 24.8 Å². The van der Waals surface area contributed by atoms with E-state index in [-0.39, 0.29) is 24.8 Å². The van der Waals surface area contributed by atoms with Crippen LogP contribution in [0.1, 0.15) is 92.3 Å². The largest absolute Gasteiger partial charge is 1.00 e. The van der Waals surface area contributed by atoms with Gasteiger partial charge in [0.25, 0.3) is 0 Å². The van der Waals surface area contributed by atoms with Gasteiger partial charge in [0.2, 0.25) is 0 Å². The summed E-state index contributed by atoms with van der Waals surface area (Å²) in [5, 5.41) is 0. The number of hydrogen-bond acceptors (Lipinski definition) is 0. The van der Waals surface area contributed by atoms with Crippen LogP contribution >= 0.6 is 0 Å². The first kappa shape index (κ1) is 27.4. The van der Waals surface area contributed by atoms with Crippen LogP contribution in [0, 0.1) is 29.1 Å². The number of halogens is 2. The van der Waals surface area contributed by atoms with Crippen molar-refractivity contribution < 1.29 is 46.1 Å². The molecule has 2 aromatic rings. The van der Waals surface area contributed by atoms with Crippen molar-refractivity contribution in [3.63, 3.8) is 0 Å². The van der Waals surface area contributed by atoms with Crippen molar-refractivity contribution in [2.24, 2.45) is 29.1 Å². The van der Waals surface area contributed by atoms with E-state index in [1.165, 1.54) is 51.4 Å². The fourth-order valence-corrected chi connectivity index (χ4v) is 20.9. The van der Waals surface area contributed by atoms with Crippen LogP contribution in [0.15, 0.2) is 69.5 Å². The Bertz CT molecular complexity index is 1240. The molecule has 0 aromatic heterocycles. The van der Waals surface area contributed by atoms with Gasteiger partial charge in [-0.1, -0.05) is 0 Å². The monoisotopic (exact) mass is 620 g/mol. The van der Waals surface area contributed by atoms with Gasteiger partial charge in [-0.2, -0.15) is 0 Å². The molecule has 0 heterocycles. The summed E-state index contributed by atoms with van der Waals surface area (Å²) in [6.45, 7) is 2.58. The van der Waals surface area contributed by atoms with Gasteiger partial charge in [-0.15, -0.1) is 0 Å². The minimum absolute atomic E-state index is 0. The summed E-state index contributed by atoms with van der Waals surface area (Å²) >= 11 is -2.23. The number of benzene rings is 2. The van der Waals surface area contributed by atoms with E-state index in [1.807, 2.05) is 8.85 Å². The Kier molecular flexibility index (Phi) is 7.64. The van der Waals surface area contributed by atoms with Crippen LogP contribution in [0.2, 0.25) is 0 Å². The molecule has 5 fully saturated rings. The van der Waals surface area contributed by atoms with E-state index in [0.29, 0.717) is 15.0 Å². The normalized spacial score (nSPS) is 32.4. The molecule has 7 aliphatic carbocycles. The summed E-state index contributed by atoms with van der Waals surface area (Å²) in [5.41, 5.74) is 8.91. The number of fused-ring (bicyclic) bond motifs is 3. The summed E-state index contributed by atoms with van der Waals surface area (Å²) < 4.78 is 4.81. The molecule has 1 unspecified atom stereocenters. The van der Waals surface area contributed by atoms with E-state index >= 15 is 0 Å². The first-order valence-corrected chi connectivity index (χ1v) is 18.9. The van der Waals surface area contributed by atoms with Crippen molar-refractivity contribution in [3.8, 4) is 11.1 Å². The summed E-state index contributed by atoms with van der Waals surface area (Å²) in [6.07, 6.45) is 21.7. The third-order valence-corrected chi connectivity index (χ3v) is 20.4. The van der Waals surface area contributed by atoms with Crippen LogP contribution in [0.4, 0.5) is 0 Å². The predicted octanol–water partition coefficient (Wildman–Crippen LogP) is 3.20. The number of allylic oxidation sites excluding steroid dienone is 4. The molecule has 0 spiro atoms. The van der Waals surface area contributed by atoms with Gasteiger partial charge in [0, 0.05) is 0 Å². The zero-order valence-electron chi connectivity index (χ0n) is 22.7. The smallest absolute Gasteiger partial charge is 1.00 e. The van der Waals surface area contributed by atoms with E-state index in [4.69, 9.17) is 0 Å². The zero-order chi connectivity index (χ0) is 23.9. The summed E-state index contributed by atoms with van der Waals surface area (Å²) in [7, 11) is 0. The molecule has 0 aliphatic heterocycles. The molecule has 2 aromatic carbocycles. The SMILES string of the molecule is CC1C=CC(C23CC4CC(CC(C4)C2)C3)=[C]1[Zr+2](=[C]1CCCCC1)[CH]1c2ccccc2-c2ccccc21.[Cl-].[Cl-]. The quantitative estimate of drug-likeness (QED) is 0.494. The molecule has 1 atom stereocenters. The van der Waals surface area contributed by atoms with Crippen LogP contribution in [-0.2, 0) is 21.3 Å². The van der Waals surface area contributed by atoms with Crippen LogP contribution in [0.25, 0.3) is 11.1 Å². The topological polar surface area (TPSA) is 0 Å². The van der Waals surface area contributed by atoms with Gasteiger partial charge in [0.1, 0.15) is 0 Å². The second-order valence-electron chi connectivity index (χ2n) is 13.4. The van der Waals surface area contributed by atoms with Gasteiger partial charge in [-0.05, 0) is 0 Å². The molecule has 4 bridgehead atoms. The third kappa shape index (κ3) is 4.20. The van der Waals surface area contributed by atoms with Crippen molar-refractivity contribution in [2.45, 2.75) is 81.2 Å². The van der Waals surface area contributed by atoms with Crippen molar-refractivity contribution >= 4 is 3.21 Å². The molecule has 0 amide bonds. The maximum Gasteiger partial charge on any atom is -1.00 e. The minimum atomic E-state index is -2.23. The van der Waals surface area contributed by atoms with Crippen LogP contribution in [0.3, 0.4) is 0 Å². The van der Waals surface area contributed by atoms with Gasteiger partial charge in [0.05, 0.1) is 0 Å². The van der Waals surface area contributed by atoms with E-state index < -0.39 is 21.3 Å². The van der Waals surface area contributed by atoms with Crippen LogP contribution in [-0.4, -0.2) is 3.21 Å². The van der Waals surface area contributed by atoms with Gasteiger partial charge in [-0.3, -0.25) is 0 Å². The number of hydrogen-bond donors (Lipinski definition) is 0. The van der Waals surface area contributed by atoms with Crippen molar-refractivity contribution in [1.29, 1.82) is 0 Å². The second kappa shape index (κ2) is 10.6. The molecule has 3 heteroatoms. The Morgan fingerprint density at radius 3 is 1.79 bits per heavy atom. The van der Waals surface area contributed by atoms with E-state index in [0.717, 1.165) is 17.8 Å². The molecule has 5 saturated carbocycles. The van der Waals surface area contributed by atoms with Gasteiger partial charge in [-0.25, -0.2) is 0 Å². The predicted molar refractivity (Wildman–Crippen MR) is 148 cm³/mol. The third-order valence-electron chi connectivity index (χ3n) is 11.2. The zero-order valence-corrected chi connectivity index (χ0v) is 26.7. The Morgan fingerprint density at radius 2 is 1.24 bits per heavy atom. The maximum absolute atomic E-state index is 2.71. The summed E-state index contributed by atoms with van der Waals surface area (Å²) in [4.78, 5) is 0. The fourth-order valence-electron chi connectivity index (χ4n) is 10.2. The van der Waals surface area contributed by atoms with E-state index in [2.05, 4.69) is 70.8 Å². The Labute approximate surface area is 249 Å². The van der Waals surface area contributed by atoms with Crippen molar-refractivity contribution in [3.05, 3.63) is 80.7 Å². The first-order chi connectivity index (χ1) is 17.7. The average molecular weight is 623 g/mol. The van der Waals surface area contributed by atoms with Crippen molar-refractivity contribution in [2.75, 3.05) is 0 Å². The Morgan fingerprint density at radius 1 is 0.711 bits per heavy atom. The molecule has 0 radical (unpaired) electrons. The molecular weight excluding hydrogens is 583 g/mol. The van der Waals surface area contributed by atoms with E-state index in [1.54, 1.807) is 41.5 Å². The van der Waals surface area contributed by atoms with Crippen LogP contribution < -0.4 is 24.8 Å². The molecule has 9 rings (SSSR count). The van der Waals surface area contributed by atoms with Gasteiger partial charge >= 0.3 is 227 Å². The average Bonchev–Trinajstić information content (AvgIpc) is 3.44. The van der Waals surface area contributed by atoms with Crippen LogP contribution in [0.5, 0.6) is 0 Å². The standard InChI is InChI=1S/C16H21.C13H9.C6H10.2ClH.Zr/c1-11-2-3-15(4-11)16-8-12-5-13(9-16)7-14(6-12)10-16;1-3-7-12-10(5-1)9-11-6-2-4-8-13(11)12;1-2-4-6-5-3-1;;;/h2-3,11-14H,5-10H2,1H3;1-9H;1-5H2;2*1H;/q;;;;;+2/p-2. The van der Waals surface area contributed by atoms with E-state index in [9.17, 15) is 0 Å². The summed E-state index contributed by atoms with van der Waals surface area (Å²) in [6, 6.07) is 19.1. The Balaban J connectivity index is 0.00000132. The molecule has 198 valence electrons. The van der Waals surface area contributed by atoms with Gasteiger partial charge in [0.15, 0.2) is 0 Å². The summed E-state index contributed by atoms with van der Waals surface area (Å²) in [5.74, 6) is 3.74. The van der Waals surface area contributed by atoms with Crippen molar-refractivity contribution in [1.82, 2.24) is 0 Å². The molecule has 38 heavy (non-hydrogen) atoms. The molecular formula is C35H40Cl2Zr. The second-order valence-corrected chi connectivity index (χ2v) is 19.9. The number of rotatable bonds is 3. The molecule has 0 N–H and O–H groups in total. The maximum atomic E-state index is 2.71. The first-order valence-electron chi connectivity index (χ1n) is 15.0. The fraction of sp³-hybridized carbons (Fsp3) is 0.514.